The third-order valence-corrected chi connectivity index (χ3v) is 6.52. The topological polar surface area (TPSA) is 105 Å². The van der Waals surface area contributed by atoms with Crippen molar-refractivity contribution >= 4 is 23.4 Å². The smallest absolute Gasteiger partial charge is 0.425 e. The van der Waals surface area contributed by atoms with Gasteiger partial charge in [-0.2, -0.15) is 13.2 Å². The van der Waals surface area contributed by atoms with Crippen molar-refractivity contribution in [1.82, 2.24) is 20.2 Å². The summed E-state index contributed by atoms with van der Waals surface area (Å²) in [7, 11) is 1.86. The van der Waals surface area contributed by atoms with E-state index in [2.05, 4.69) is 15.6 Å². The highest BCUT2D eigenvalue weighted by molar-refractivity contribution is 6.32. The van der Waals surface area contributed by atoms with Gasteiger partial charge in [-0.25, -0.2) is 4.98 Å². The Labute approximate surface area is 235 Å². The number of halogens is 4. The van der Waals surface area contributed by atoms with E-state index >= 15 is 0 Å². The highest BCUT2D eigenvalue weighted by atomic mass is 35.5. The summed E-state index contributed by atoms with van der Waals surface area (Å²) in [5.41, 5.74) is 2.68. The minimum atomic E-state index is -4.55. The number of hydrogen-bond acceptors (Lipinski definition) is 5. The van der Waals surface area contributed by atoms with Gasteiger partial charge in [0.2, 0.25) is 5.91 Å². The van der Waals surface area contributed by atoms with Gasteiger partial charge in [0.25, 0.3) is 5.91 Å². The minimum absolute atomic E-state index is 0.123. The fraction of sp³-hybridized carbons (Fsp3) is 0.393. The molecule has 0 unspecified atom stereocenters. The predicted octanol–water partition coefficient (Wildman–Crippen LogP) is 4.99. The number of nitrogens with zero attached hydrogens (tertiary/aromatic N) is 2. The van der Waals surface area contributed by atoms with Crippen molar-refractivity contribution in [3.63, 3.8) is 0 Å². The molecule has 3 aromatic rings. The first-order valence-corrected chi connectivity index (χ1v) is 13.0. The number of nitrogens with one attached hydrogen (secondary N) is 2. The van der Waals surface area contributed by atoms with Gasteiger partial charge in [-0.05, 0) is 50.5 Å². The summed E-state index contributed by atoms with van der Waals surface area (Å²) in [6, 6.07) is 10.8. The predicted molar refractivity (Wildman–Crippen MR) is 145 cm³/mol. The van der Waals surface area contributed by atoms with Gasteiger partial charge in [-0.15, -0.1) is 0 Å². The Morgan fingerprint density at radius 1 is 1.12 bits per heavy atom. The van der Waals surface area contributed by atoms with Crippen LogP contribution in [0.5, 0.6) is 5.75 Å². The maximum Gasteiger partial charge on any atom is 0.425 e. The number of rotatable bonds is 11. The van der Waals surface area contributed by atoms with Crippen LogP contribution in [-0.4, -0.2) is 51.4 Å². The second kappa shape index (κ2) is 13.2. The molecule has 3 N–H and O–H groups in total. The maximum atomic E-state index is 12.9. The van der Waals surface area contributed by atoms with E-state index < -0.39 is 24.2 Å². The molecule has 0 aliphatic carbocycles. The maximum absolute atomic E-state index is 12.9. The van der Waals surface area contributed by atoms with E-state index in [0.29, 0.717) is 6.42 Å². The fourth-order valence-electron chi connectivity index (χ4n) is 4.13. The van der Waals surface area contributed by atoms with Crippen molar-refractivity contribution in [3.8, 4) is 17.0 Å². The third kappa shape index (κ3) is 8.22. The minimum Gasteiger partial charge on any atom is -0.480 e. The number of benzene rings is 2. The SMILES string of the molecule is CC(=O)N[C@H](C)c1nc(-c2ccc(C[C@@H](CCO)NC(=O)c3ccc(O[C@H](C)C(F)(F)F)c(Cl)c3)cc2)cn1C. The van der Waals surface area contributed by atoms with E-state index in [1.807, 2.05) is 49.0 Å². The van der Waals surface area contributed by atoms with E-state index in [1.54, 1.807) is 0 Å². The number of imidazole rings is 1. The average Bonchev–Trinajstić information content (AvgIpc) is 3.26. The van der Waals surface area contributed by atoms with E-state index in [-0.39, 0.29) is 41.3 Å². The quantitative estimate of drug-likeness (QED) is 0.296. The van der Waals surface area contributed by atoms with Crippen LogP contribution in [0.2, 0.25) is 5.02 Å². The fourth-order valence-corrected chi connectivity index (χ4v) is 4.36. The van der Waals surface area contributed by atoms with Crippen molar-refractivity contribution in [1.29, 1.82) is 0 Å². The number of hydrogen-bond donors (Lipinski definition) is 3. The molecule has 3 rings (SSSR count). The first kappa shape index (κ1) is 31.0. The molecule has 0 radical (unpaired) electrons. The van der Waals surface area contributed by atoms with Crippen LogP contribution in [0.25, 0.3) is 11.3 Å². The summed E-state index contributed by atoms with van der Waals surface area (Å²) in [6.45, 7) is 4.02. The molecule has 0 aliphatic heterocycles. The van der Waals surface area contributed by atoms with Gasteiger partial charge in [0, 0.05) is 43.9 Å². The van der Waals surface area contributed by atoms with Crippen molar-refractivity contribution in [2.45, 2.75) is 58.0 Å². The van der Waals surface area contributed by atoms with Crippen molar-refractivity contribution in [2.24, 2.45) is 7.05 Å². The zero-order valence-electron chi connectivity index (χ0n) is 22.6. The van der Waals surface area contributed by atoms with Gasteiger partial charge in [0.15, 0.2) is 6.10 Å². The second-order valence-electron chi connectivity index (χ2n) is 9.55. The third-order valence-electron chi connectivity index (χ3n) is 6.22. The van der Waals surface area contributed by atoms with Gasteiger partial charge in [0.1, 0.15) is 11.6 Å². The average molecular weight is 581 g/mol. The normalized spacial score (nSPS) is 13.8. The van der Waals surface area contributed by atoms with Crippen LogP contribution in [0.3, 0.4) is 0 Å². The number of aryl methyl sites for hydroxylation is 1. The second-order valence-corrected chi connectivity index (χ2v) is 9.96. The number of carbonyl (C=O) groups is 2. The molecule has 8 nitrogen and oxygen atoms in total. The largest absolute Gasteiger partial charge is 0.480 e. The molecule has 40 heavy (non-hydrogen) atoms. The molecule has 0 saturated heterocycles. The highest BCUT2D eigenvalue weighted by Gasteiger charge is 2.38. The molecular weight excluding hydrogens is 549 g/mol. The van der Waals surface area contributed by atoms with Crippen molar-refractivity contribution < 1.29 is 32.6 Å². The van der Waals surface area contributed by atoms with Crippen LogP contribution >= 0.6 is 11.6 Å². The molecule has 12 heteroatoms. The van der Waals surface area contributed by atoms with Gasteiger partial charge in [0.05, 0.1) is 16.8 Å². The van der Waals surface area contributed by atoms with Crippen LogP contribution in [0.1, 0.15) is 55.0 Å². The molecule has 0 bridgehead atoms. The number of amides is 2. The molecule has 216 valence electrons. The van der Waals surface area contributed by atoms with Crippen molar-refractivity contribution in [3.05, 3.63) is 70.6 Å². The number of aromatic nitrogens is 2. The molecule has 0 fully saturated rings. The van der Waals surface area contributed by atoms with E-state index in [1.165, 1.54) is 25.1 Å². The zero-order valence-corrected chi connectivity index (χ0v) is 23.3. The summed E-state index contributed by atoms with van der Waals surface area (Å²) >= 11 is 6.07. The van der Waals surface area contributed by atoms with Crippen LogP contribution < -0.4 is 15.4 Å². The molecule has 1 heterocycles. The van der Waals surface area contributed by atoms with Crippen LogP contribution in [0.4, 0.5) is 13.2 Å². The molecule has 1 aromatic heterocycles. The molecule has 2 amide bonds. The number of alkyl halides is 3. The lowest BCUT2D eigenvalue weighted by Gasteiger charge is -2.20. The lowest BCUT2D eigenvalue weighted by Crippen LogP contribution is -2.37. The molecule has 0 aliphatic rings. The zero-order chi connectivity index (χ0) is 29.6. The molecule has 2 aromatic carbocycles. The summed E-state index contributed by atoms with van der Waals surface area (Å²) < 4.78 is 45.1. The van der Waals surface area contributed by atoms with Gasteiger partial charge in [-0.1, -0.05) is 35.9 Å². The molecule has 0 saturated carbocycles. The highest BCUT2D eigenvalue weighted by Crippen LogP contribution is 2.31. The first-order valence-electron chi connectivity index (χ1n) is 12.6. The number of ether oxygens (including phenoxy) is 1. The summed E-state index contributed by atoms with van der Waals surface area (Å²) in [6.07, 6.45) is -4.02. The Hall–Kier alpha value is -3.57. The molecular formula is C28H32ClF3N4O4. The van der Waals surface area contributed by atoms with Gasteiger partial charge in [-0.3, -0.25) is 9.59 Å². The number of aliphatic hydroxyl groups excluding tert-OH is 1. The van der Waals surface area contributed by atoms with E-state index in [0.717, 1.165) is 29.6 Å². The Morgan fingerprint density at radius 2 is 1.80 bits per heavy atom. The van der Waals surface area contributed by atoms with E-state index in [4.69, 9.17) is 16.3 Å². The monoisotopic (exact) mass is 580 g/mol. The van der Waals surface area contributed by atoms with Crippen LogP contribution in [0, 0.1) is 0 Å². The van der Waals surface area contributed by atoms with E-state index in [9.17, 15) is 27.9 Å². The Balaban J connectivity index is 1.67. The standard InChI is InChI=1S/C28H32ClF3N4O4/c1-16(33-18(3)38)26-35-24(15-36(26)4)20-7-5-19(6-8-20)13-22(11-12-37)34-27(39)21-9-10-25(23(29)14-21)40-17(2)28(30,31)32/h5-10,14-17,22,37H,11-13H2,1-4H3,(H,33,38)(H,34,39)/t16-,17-,22-/m1/s1. The van der Waals surface area contributed by atoms with Crippen molar-refractivity contribution in [2.75, 3.05) is 6.61 Å². The van der Waals surface area contributed by atoms with Crippen LogP contribution in [-0.2, 0) is 18.3 Å². The number of carbonyl (C=O) groups excluding carboxylic acids is 2. The Bertz CT molecular complexity index is 1330. The molecule has 0 spiro atoms. The lowest BCUT2D eigenvalue weighted by molar-refractivity contribution is -0.189. The molecule has 3 atom stereocenters. The summed E-state index contributed by atoms with van der Waals surface area (Å²) in [5, 5.41) is 15.1. The Kier molecular flexibility index (Phi) is 10.2. The van der Waals surface area contributed by atoms with Gasteiger partial charge >= 0.3 is 6.18 Å². The Morgan fingerprint density at radius 3 is 2.38 bits per heavy atom. The first-order chi connectivity index (χ1) is 18.8. The number of aliphatic hydroxyl groups is 1. The summed E-state index contributed by atoms with van der Waals surface area (Å²) in [4.78, 5) is 28.9. The van der Waals surface area contributed by atoms with Gasteiger partial charge < -0.3 is 25.0 Å². The summed E-state index contributed by atoms with van der Waals surface area (Å²) in [5.74, 6) is -0.0912. The van der Waals surface area contributed by atoms with Crippen LogP contribution in [0.15, 0.2) is 48.7 Å². The lowest BCUT2D eigenvalue weighted by atomic mass is 10.0.